The Morgan fingerprint density at radius 3 is 1.55 bits per heavy atom. The highest BCUT2D eigenvalue weighted by molar-refractivity contribution is 5.96. The average molecular weight is 303 g/mol. The Morgan fingerprint density at radius 1 is 0.682 bits per heavy atom. The molecular formula is C17H25N3O2. The standard InChI is InChI=1S/C17H25N3O2/c21-16-14-10-9-11-15(20-14)17(22)19-13-8-6-4-2-1-3-5-7-12-18-16/h9-11H,1-8,12-13H2,(H,18,21)(H,19,22). The van der Waals surface area contributed by atoms with Gasteiger partial charge in [0.05, 0.1) is 0 Å². The Kier molecular flexibility index (Phi) is 6.87. The molecule has 1 aliphatic heterocycles. The topological polar surface area (TPSA) is 71.1 Å². The third kappa shape index (κ3) is 5.47. The third-order valence-electron chi connectivity index (χ3n) is 3.89. The summed E-state index contributed by atoms with van der Waals surface area (Å²) in [7, 11) is 0. The van der Waals surface area contributed by atoms with E-state index in [-0.39, 0.29) is 11.8 Å². The first-order valence-corrected chi connectivity index (χ1v) is 8.31. The van der Waals surface area contributed by atoms with Crippen LogP contribution in [0.15, 0.2) is 18.2 Å². The number of nitrogens with one attached hydrogen (secondary N) is 2. The average Bonchev–Trinajstić information content (AvgIpc) is 2.55. The molecule has 1 aliphatic rings. The fourth-order valence-electron chi connectivity index (χ4n) is 2.58. The lowest BCUT2D eigenvalue weighted by Gasteiger charge is -2.07. The van der Waals surface area contributed by atoms with Gasteiger partial charge in [0.25, 0.3) is 11.8 Å². The summed E-state index contributed by atoms with van der Waals surface area (Å²) in [5.41, 5.74) is 0.605. The maximum atomic E-state index is 12.0. The van der Waals surface area contributed by atoms with Crippen LogP contribution in [-0.4, -0.2) is 29.9 Å². The van der Waals surface area contributed by atoms with Crippen LogP contribution in [-0.2, 0) is 0 Å². The SMILES string of the molecule is O=C1NCCCCCCCCCCNC(=O)c2cccc1n2. The van der Waals surface area contributed by atoms with Crippen LogP contribution < -0.4 is 10.6 Å². The molecule has 0 saturated carbocycles. The summed E-state index contributed by atoms with van der Waals surface area (Å²) in [5.74, 6) is -0.419. The largest absolute Gasteiger partial charge is 0.351 e. The van der Waals surface area contributed by atoms with E-state index < -0.39 is 0 Å². The Hall–Kier alpha value is -1.91. The van der Waals surface area contributed by atoms with Crippen LogP contribution in [0.3, 0.4) is 0 Å². The van der Waals surface area contributed by atoms with E-state index in [0.29, 0.717) is 24.5 Å². The summed E-state index contributed by atoms with van der Waals surface area (Å²) >= 11 is 0. The van der Waals surface area contributed by atoms with Crippen molar-refractivity contribution in [2.75, 3.05) is 13.1 Å². The molecule has 2 N–H and O–H groups in total. The zero-order chi connectivity index (χ0) is 15.6. The van der Waals surface area contributed by atoms with Gasteiger partial charge in [0, 0.05) is 13.1 Å². The Morgan fingerprint density at radius 2 is 1.09 bits per heavy atom. The van der Waals surface area contributed by atoms with E-state index in [9.17, 15) is 9.59 Å². The Labute approximate surface area is 131 Å². The number of rotatable bonds is 0. The summed E-state index contributed by atoms with van der Waals surface area (Å²) in [5, 5.41) is 5.73. The van der Waals surface area contributed by atoms with Crippen molar-refractivity contribution in [1.82, 2.24) is 15.6 Å². The van der Waals surface area contributed by atoms with Gasteiger partial charge in [0.2, 0.25) is 0 Å². The molecule has 0 fully saturated rings. The van der Waals surface area contributed by atoms with Gasteiger partial charge in [0.1, 0.15) is 11.4 Å². The lowest BCUT2D eigenvalue weighted by molar-refractivity contribution is 0.0944. The van der Waals surface area contributed by atoms with Crippen molar-refractivity contribution in [2.24, 2.45) is 0 Å². The minimum absolute atomic E-state index is 0.209. The molecule has 0 unspecified atom stereocenters. The fourth-order valence-corrected chi connectivity index (χ4v) is 2.58. The molecular weight excluding hydrogens is 278 g/mol. The number of nitrogens with zero attached hydrogens (tertiary/aromatic N) is 1. The molecule has 5 nitrogen and oxygen atoms in total. The molecule has 2 heterocycles. The maximum absolute atomic E-state index is 12.0. The highest BCUT2D eigenvalue weighted by atomic mass is 16.2. The first kappa shape index (κ1) is 16.5. The summed E-state index contributed by atoms with van der Waals surface area (Å²) in [6, 6.07) is 4.98. The van der Waals surface area contributed by atoms with Gasteiger partial charge >= 0.3 is 0 Å². The minimum Gasteiger partial charge on any atom is -0.351 e. The Balaban J connectivity index is 1.99. The molecule has 22 heavy (non-hydrogen) atoms. The molecule has 0 saturated heterocycles. The van der Waals surface area contributed by atoms with E-state index >= 15 is 0 Å². The third-order valence-corrected chi connectivity index (χ3v) is 3.89. The molecule has 2 amide bonds. The van der Waals surface area contributed by atoms with Gasteiger partial charge in [-0.05, 0) is 25.0 Å². The quantitative estimate of drug-likeness (QED) is 0.774. The van der Waals surface area contributed by atoms with Crippen LogP contribution in [0.5, 0.6) is 0 Å². The van der Waals surface area contributed by atoms with Gasteiger partial charge in [-0.15, -0.1) is 0 Å². The van der Waals surface area contributed by atoms with Crippen LogP contribution >= 0.6 is 0 Å². The van der Waals surface area contributed by atoms with Gasteiger partial charge in [-0.25, -0.2) is 4.98 Å². The van der Waals surface area contributed by atoms with Gasteiger partial charge in [-0.1, -0.05) is 44.6 Å². The molecule has 1 aromatic heterocycles. The molecule has 0 spiro atoms. The summed E-state index contributed by atoms with van der Waals surface area (Å²) in [6.45, 7) is 1.33. The van der Waals surface area contributed by atoms with Crippen LogP contribution in [0.1, 0.15) is 72.3 Å². The number of pyridine rings is 1. The van der Waals surface area contributed by atoms with Crippen molar-refractivity contribution in [2.45, 2.75) is 51.4 Å². The summed E-state index contributed by atoms with van der Waals surface area (Å²) < 4.78 is 0. The maximum Gasteiger partial charge on any atom is 0.269 e. The second-order valence-corrected chi connectivity index (χ2v) is 5.75. The molecule has 5 heteroatoms. The van der Waals surface area contributed by atoms with Crippen LogP contribution in [0.4, 0.5) is 0 Å². The van der Waals surface area contributed by atoms with Crippen molar-refractivity contribution in [3.63, 3.8) is 0 Å². The lowest BCUT2D eigenvalue weighted by Crippen LogP contribution is -2.28. The smallest absolute Gasteiger partial charge is 0.269 e. The molecule has 0 aromatic carbocycles. The molecule has 2 rings (SSSR count). The van der Waals surface area contributed by atoms with E-state index in [1.807, 2.05) is 0 Å². The number of carbonyl (C=O) groups excluding carboxylic acids is 2. The monoisotopic (exact) mass is 303 g/mol. The van der Waals surface area contributed by atoms with Gasteiger partial charge in [-0.2, -0.15) is 0 Å². The van der Waals surface area contributed by atoms with Crippen molar-refractivity contribution in [3.05, 3.63) is 29.6 Å². The number of fused-ring (bicyclic) bond motifs is 2. The predicted octanol–water partition coefficient (Wildman–Crippen LogP) is 2.68. The van der Waals surface area contributed by atoms with Crippen LogP contribution in [0, 0.1) is 0 Å². The first-order valence-electron chi connectivity index (χ1n) is 8.31. The lowest BCUT2D eigenvalue weighted by atomic mass is 10.1. The zero-order valence-electron chi connectivity index (χ0n) is 13.1. The molecule has 120 valence electrons. The van der Waals surface area contributed by atoms with Crippen molar-refractivity contribution in [1.29, 1.82) is 0 Å². The summed E-state index contributed by atoms with van der Waals surface area (Å²) in [4.78, 5) is 28.2. The first-order chi connectivity index (χ1) is 10.8. The number of hydrogen-bond acceptors (Lipinski definition) is 3. The molecule has 0 atom stereocenters. The van der Waals surface area contributed by atoms with E-state index in [2.05, 4.69) is 15.6 Å². The predicted molar refractivity (Wildman–Crippen MR) is 85.8 cm³/mol. The second-order valence-electron chi connectivity index (χ2n) is 5.75. The van der Waals surface area contributed by atoms with Gasteiger partial charge in [0.15, 0.2) is 0 Å². The van der Waals surface area contributed by atoms with Crippen LogP contribution in [0.25, 0.3) is 0 Å². The van der Waals surface area contributed by atoms with Crippen molar-refractivity contribution in [3.8, 4) is 0 Å². The fraction of sp³-hybridized carbons (Fsp3) is 0.588. The molecule has 2 bridgehead atoms. The summed E-state index contributed by atoms with van der Waals surface area (Å²) in [6.07, 6.45) is 9.23. The number of carbonyl (C=O) groups is 2. The number of hydrogen-bond donors (Lipinski definition) is 2. The van der Waals surface area contributed by atoms with Crippen molar-refractivity contribution >= 4 is 11.8 Å². The van der Waals surface area contributed by atoms with E-state index in [0.717, 1.165) is 25.7 Å². The van der Waals surface area contributed by atoms with E-state index in [4.69, 9.17) is 0 Å². The van der Waals surface area contributed by atoms with Gasteiger partial charge < -0.3 is 10.6 Å². The van der Waals surface area contributed by atoms with Crippen molar-refractivity contribution < 1.29 is 9.59 Å². The highest BCUT2D eigenvalue weighted by Gasteiger charge is 2.11. The zero-order valence-corrected chi connectivity index (χ0v) is 13.1. The molecule has 0 radical (unpaired) electrons. The van der Waals surface area contributed by atoms with Crippen LogP contribution in [0.2, 0.25) is 0 Å². The molecule has 0 aliphatic carbocycles. The normalized spacial score (nSPS) is 18.9. The number of aromatic nitrogens is 1. The van der Waals surface area contributed by atoms with E-state index in [1.165, 1.54) is 25.7 Å². The van der Waals surface area contributed by atoms with E-state index in [1.54, 1.807) is 18.2 Å². The number of amides is 2. The highest BCUT2D eigenvalue weighted by Crippen LogP contribution is 2.08. The van der Waals surface area contributed by atoms with Gasteiger partial charge in [-0.3, -0.25) is 9.59 Å². The minimum atomic E-state index is -0.209. The second kappa shape index (κ2) is 9.18. The molecule has 1 aromatic rings. The Bertz CT molecular complexity index is 461.